The van der Waals surface area contributed by atoms with E-state index in [-0.39, 0.29) is 5.54 Å². The Morgan fingerprint density at radius 3 is 2.61 bits per heavy atom. The molecule has 1 atom stereocenters. The number of aromatic amines is 2. The van der Waals surface area contributed by atoms with Crippen LogP contribution >= 0.6 is 0 Å². The van der Waals surface area contributed by atoms with E-state index in [1.54, 1.807) is 18.5 Å². The highest BCUT2D eigenvalue weighted by Crippen LogP contribution is 2.40. The zero-order valence-electron chi connectivity index (χ0n) is 21.9. The van der Waals surface area contributed by atoms with Gasteiger partial charge in [0.05, 0.1) is 18.2 Å². The summed E-state index contributed by atoms with van der Waals surface area (Å²) in [4.78, 5) is 15.1. The number of rotatable bonds is 6. The van der Waals surface area contributed by atoms with Crippen LogP contribution in [0, 0.1) is 6.92 Å². The number of benzene rings is 1. The van der Waals surface area contributed by atoms with Gasteiger partial charge in [-0.15, -0.1) is 0 Å². The second kappa shape index (κ2) is 12.8. The van der Waals surface area contributed by atoms with Crippen LogP contribution in [0.2, 0.25) is 0 Å². The summed E-state index contributed by atoms with van der Waals surface area (Å²) in [7, 11) is 0. The number of para-hydroxylation sites is 1. The minimum absolute atomic E-state index is 0.375. The first-order valence-electron chi connectivity index (χ1n) is 12.5. The summed E-state index contributed by atoms with van der Waals surface area (Å²) in [5, 5.41) is 9.27. The highest BCUT2D eigenvalue weighted by molar-refractivity contribution is 5.85. The van der Waals surface area contributed by atoms with Gasteiger partial charge in [0.25, 0.3) is 0 Å². The van der Waals surface area contributed by atoms with Crippen LogP contribution in [-0.4, -0.2) is 31.6 Å². The monoisotopic (exact) mass is 486 g/mol. The fourth-order valence-electron chi connectivity index (χ4n) is 4.37. The van der Waals surface area contributed by atoms with E-state index in [0.29, 0.717) is 5.89 Å². The van der Waals surface area contributed by atoms with Crippen LogP contribution in [0.5, 0.6) is 0 Å². The molecule has 0 spiro atoms. The average Bonchev–Trinajstić information content (AvgIpc) is 3.68. The molecule has 0 amide bonds. The summed E-state index contributed by atoms with van der Waals surface area (Å²) < 4.78 is 5.30. The predicted molar refractivity (Wildman–Crippen MR) is 148 cm³/mol. The molecule has 5 rings (SSSR count). The molecule has 1 aromatic carbocycles. The van der Waals surface area contributed by atoms with Crippen LogP contribution in [0.15, 0.2) is 72.7 Å². The maximum atomic E-state index is 5.30. The summed E-state index contributed by atoms with van der Waals surface area (Å²) in [6.07, 6.45) is 13.0. The van der Waals surface area contributed by atoms with Crippen LogP contribution in [0.1, 0.15) is 68.7 Å². The molecule has 36 heavy (non-hydrogen) atoms. The lowest BCUT2D eigenvalue weighted by Crippen LogP contribution is -2.49. The van der Waals surface area contributed by atoms with Crippen LogP contribution in [0.3, 0.4) is 0 Å². The maximum absolute atomic E-state index is 5.30. The fourth-order valence-corrected chi connectivity index (χ4v) is 4.37. The Labute approximate surface area is 213 Å². The van der Waals surface area contributed by atoms with E-state index in [2.05, 4.69) is 74.8 Å². The standard InChI is InChI=1S/C18H22N4O.C7H10N2.C4H6/c1-3-4-10-18(17-20-12(2)23-22-17)16-14(9-11-19-18)13-7-5-6-8-15(13)21-16;1-3-6(2)7-4-8-5-9-7;1-3-4-2/h5-8,19,21H,3-4,9-11H2,1-2H3;3-5H,1-2H3,(H,8,9);3-4H,1-2H2/b;6-3+;. The fraction of sp³-hybridized carbons (Fsp3) is 0.345. The first-order chi connectivity index (χ1) is 17.5. The number of allylic oxidation sites excluding steroid dienone is 4. The quantitative estimate of drug-likeness (QED) is 0.266. The van der Waals surface area contributed by atoms with Crippen molar-refractivity contribution in [2.24, 2.45) is 0 Å². The second-order valence-electron chi connectivity index (χ2n) is 8.76. The highest BCUT2D eigenvalue weighted by atomic mass is 16.5. The number of aryl methyl sites for hydroxylation is 1. The summed E-state index contributed by atoms with van der Waals surface area (Å²) in [5.41, 5.74) is 5.73. The van der Waals surface area contributed by atoms with Crippen molar-refractivity contribution in [2.75, 3.05) is 6.54 Å². The summed E-state index contributed by atoms with van der Waals surface area (Å²) in [5.74, 6) is 1.36. The molecule has 0 fully saturated rings. The summed E-state index contributed by atoms with van der Waals surface area (Å²) in [6.45, 7) is 15.8. The summed E-state index contributed by atoms with van der Waals surface area (Å²) >= 11 is 0. The lowest BCUT2D eigenvalue weighted by atomic mass is 9.82. The van der Waals surface area contributed by atoms with Gasteiger partial charge in [0.2, 0.25) is 5.89 Å². The molecule has 7 nitrogen and oxygen atoms in total. The van der Waals surface area contributed by atoms with Gasteiger partial charge in [-0.25, -0.2) is 4.98 Å². The molecule has 190 valence electrons. The topological polar surface area (TPSA) is 95.4 Å². The first-order valence-corrected chi connectivity index (χ1v) is 12.5. The van der Waals surface area contributed by atoms with Crippen molar-refractivity contribution < 1.29 is 4.52 Å². The zero-order chi connectivity index (χ0) is 26.0. The molecule has 0 radical (unpaired) electrons. The number of nitrogens with one attached hydrogen (secondary N) is 3. The SMILES string of the molecule is C/C=C(\C)c1cnc[nH]1.C=CC=C.CCCCC1(c2noc(C)n2)NCCc2c1[nH]c1ccccc21. The Bertz CT molecular complexity index is 1270. The highest BCUT2D eigenvalue weighted by Gasteiger charge is 2.43. The van der Waals surface area contributed by atoms with Gasteiger partial charge in [0, 0.05) is 30.1 Å². The van der Waals surface area contributed by atoms with Crippen molar-refractivity contribution in [3.05, 3.63) is 96.8 Å². The molecule has 0 saturated carbocycles. The Hall–Kier alpha value is -3.71. The largest absolute Gasteiger partial charge is 0.356 e. The van der Waals surface area contributed by atoms with Gasteiger partial charge < -0.3 is 14.5 Å². The van der Waals surface area contributed by atoms with E-state index in [1.807, 2.05) is 33.0 Å². The van der Waals surface area contributed by atoms with E-state index in [4.69, 9.17) is 4.52 Å². The molecular weight excluding hydrogens is 448 g/mol. The van der Waals surface area contributed by atoms with Crippen LogP contribution in [0.4, 0.5) is 0 Å². The van der Waals surface area contributed by atoms with Crippen molar-refractivity contribution in [1.29, 1.82) is 0 Å². The van der Waals surface area contributed by atoms with Gasteiger partial charge in [-0.2, -0.15) is 4.98 Å². The van der Waals surface area contributed by atoms with Crippen molar-refractivity contribution in [2.45, 2.75) is 58.9 Å². The van der Waals surface area contributed by atoms with Gasteiger partial charge in [-0.1, -0.05) is 74.5 Å². The van der Waals surface area contributed by atoms with E-state index >= 15 is 0 Å². The molecule has 3 N–H and O–H groups in total. The van der Waals surface area contributed by atoms with Crippen molar-refractivity contribution in [1.82, 2.24) is 30.4 Å². The lowest BCUT2D eigenvalue weighted by Gasteiger charge is -2.36. The Balaban J connectivity index is 0.000000231. The number of unbranched alkanes of at least 4 members (excludes halogenated alkanes) is 1. The smallest absolute Gasteiger partial charge is 0.223 e. The molecule has 0 saturated heterocycles. The summed E-state index contributed by atoms with van der Waals surface area (Å²) in [6, 6.07) is 8.51. The molecule has 4 aromatic rings. The second-order valence-corrected chi connectivity index (χ2v) is 8.76. The number of aromatic nitrogens is 5. The van der Waals surface area contributed by atoms with E-state index in [0.717, 1.165) is 43.7 Å². The average molecular weight is 487 g/mol. The first kappa shape index (κ1) is 26.9. The van der Waals surface area contributed by atoms with Gasteiger partial charge in [0.15, 0.2) is 5.82 Å². The predicted octanol–water partition coefficient (Wildman–Crippen LogP) is 6.63. The molecule has 1 aliphatic rings. The minimum atomic E-state index is -0.375. The van der Waals surface area contributed by atoms with Crippen LogP contribution in [-0.2, 0) is 12.0 Å². The van der Waals surface area contributed by atoms with Gasteiger partial charge in [-0.3, -0.25) is 5.32 Å². The van der Waals surface area contributed by atoms with Crippen molar-refractivity contribution in [3.63, 3.8) is 0 Å². The molecular formula is C29H38N6O. The van der Waals surface area contributed by atoms with E-state index in [1.165, 1.54) is 27.7 Å². The van der Waals surface area contributed by atoms with Gasteiger partial charge in [0.1, 0.15) is 5.54 Å². The lowest BCUT2D eigenvalue weighted by molar-refractivity contribution is 0.300. The zero-order valence-corrected chi connectivity index (χ0v) is 21.9. The number of fused-ring (bicyclic) bond motifs is 3. The Kier molecular flexibility index (Phi) is 9.59. The maximum Gasteiger partial charge on any atom is 0.223 e. The minimum Gasteiger partial charge on any atom is -0.356 e. The number of nitrogens with zero attached hydrogens (tertiary/aromatic N) is 3. The molecule has 0 bridgehead atoms. The normalized spacial score (nSPS) is 16.8. The van der Waals surface area contributed by atoms with Crippen LogP contribution in [0.25, 0.3) is 16.5 Å². The molecule has 7 heteroatoms. The van der Waals surface area contributed by atoms with Crippen molar-refractivity contribution in [3.8, 4) is 0 Å². The number of hydrogen-bond acceptors (Lipinski definition) is 5. The number of H-pyrrole nitrogens is 2. The molecule has 3 aromatic heterocycles. The third kappa shape index (κ3) is 5.91. The van der Waals surface area contributed by atoms with Gasteiger partial charge >= 0.3 is 0 Å². The Morgan fingerprint density at radius 2 is 2.00 bits per heavy atom. The number of hydrogen-bond donors (Lipinski definition) is 3. The van der Waals surface area contributed by atoms with E-state index in [9.17, 15) is 0 Å². The molecule has 4 heterocycles. The molecule has 0 aliphatic carbocycles. The van der Waals surface area contributed by atoms with Crippen LogP contribution < -0.4 is 5.32 Å². The third-order valence-corrected chi connectivity index (χ3v) is 6.38. The van der Waals surface area contributed by atoms with E-state index < -0.39 is 0 Å². The molecule has 1 unspecified atom stereocenters. The Morgan fingerprint density at radius 1 is 1.22 bits per heavy atom. The molecule has 1 aliphatic heterocycles. The number of imidazole rings is 1. The third-order valence-electron chi connectivity index (χ3n) is 6.38. The van der Waals surface area contributed by atoms with Gasteiger partial charge in [-0.05, 0) is 43.9 Å². The van der Waals surface area contributed by atoms with Crippen molar-refractivity contribution >= 4 is 16.5 Å².